The first-order valence-electron chi connectivity index (χ1n) is 4.63. The third kappa shape index (κ3) is 6.54. The van der Waals surface area contributed by atoms with Crippen LogP contribution in [0.2, 0.25) is 0 Å². The summed E-state index contributed by atoms with van der Waals surface area (Å²) in [4.78, 5) is 12.8. The van der Waals surface area contributed by atoms with Crippen molar-refractivity contribution in [3.05, 3.63) is 0 Å². The Kier molecular flexibility index (Phi) is 5.66. The molecule has 0 aromatic heterocycles. The number of hydrogen-bond donors (Lipinski definition) is 2. The van der Waals surface area contributed by atoms with Crippen LogP contribution in [0, 0.1) is 0 Å². The van der Waals surface area contributed by atoms with Gasteiger partial charge in [0.15, 0.2) is 0 Å². The van der Waals surface area contributed by atoms with E-state index in [4.69, 9.17) is 5.73 Å². The van der Waals surface area contributed by atoms with Gasteiger partial charge in [-0.15, -0.1) is 0 Å². The normalized spacial score (nSPS) is 15.8. The Labute approximate surface area is 80.5 Å². The minimum atomic E-state index is -0.295. The molecule has 78 valence electrons. The summed E-state index contributed by atoms with van der Waals surface area (Å²) in [5.41, 5.74) is 5.13. The predicted octanol–water partition coefficient (Wildman–Crippen LogP) is -0.210. The number of hydrogen-bond acceptors (Lipinski definition) is 3. The van der Waals surface area contributed by atoms with Gasteiger partial charge >= 0.3 is 0 Å². The van der Waals surface area contributed by atoms with Gasteiger partial charge in [0, 0.05) is 6.04 Å². The zero-order valence-corrected chi connectivity index (χ0v) is 9.00. The zero-order chi connectivity index (χ0) is 10.4. The van der Waals surface area contributed by atoms with Crippen LogP contribution < -0.4 is 11.1 Å². The van der Waals surface area contributed by atoms with E-state index in [9.17, 15) is 4.79 Å². The summed E-state index contributed by atoms with van der Waals surface area (Å²) in [6.45, 7) is 4.86. The van der Waals surface area contributed by atoms with Crippen molar-refractivity contribution < 1.29 is 4.79 Å². The molecular weight excluding hydrogens is 166 g/mol. The van der Waals surface area contributed by atoms with E-state index in [0.717, 1.165) is 13.0 Å². The van der Waals surface area contributed by atoms with Crippen molar-refractivity contribution in [2.45, 2.75) is 32.4 Å². The van der Waals surface area contributed by atoms with E-state index in [0.29, 0.717) is 6.04 Å². The van der Waals surface area contributed by atoms with Crippen LogP contribution in [0.4, 0.5) is 0 Å². The third-order valence-corrected chi connectivity index (χ3v) is 1.97. The van der Waals surface area contributed by atoms with E-state index >= 15 is 0 Å². The number of carbonyl (C=O) groups is 1. The van der Waals surface area contributed by atoms with E-state index in [-0.39, 0.29) is 11.9 Å². The topological polar surface area (TPSA) is 58.4 Å². The first-order valence-corrected chi connectivity index (χ1v) is 4.63. The molecule has 4 heteroatoms. The molecule has 0 fully saturated rings. The van der Waals surface area contributed by atoms with E-state index in [1.165, 1.54) is 0 Å². The van der Waals surface area contributed by atoms with Crippen LogP contribution in [-0.2, 0) is 4.79 Å². The standard InChI is InChI=1S/C9H21N3O/c1-7(5-6-12(3)4)11-8(2)9(10)13/h7-8,11H,5-6H2,1-4H3,(H2,10,13). The number of nitrogens with one attached hydrogen (secondary N) is 1. The van der Waals surface area contributed by atoms with Gasteiger partial charge in [-0.1, -0.05) is 0 Å². The fourth-order valence-corrected chi connectivity index (χ4v) is 1.04. The lowest BCUT2D eigenvalue weighted by Gasteiger charge is -2.19. The smallest absolute Gasteiger partial charge is 0.234 e. The molecule has 0 bridgehead atoms. The Morgan fingerprint density at radius 2 is 2.00 bits per heavy atom. The van der Waals surface area contributed by atoms with E-state index < -0.39 is 0 Å². The van der Waals surface area contributed by atoms with Crippen molar-refractivity contribution >= 4 is 5.91 Å². The Balaban J connectivity index is 3.61. The molecule has 2 unspecified atom stereocenters. The number of nitrogens with two attached hydrogens (primary N) is 1. The summed E-state index contributed by atoms with van der Waals surface area (Å²) < 4.78 is 0. The van der Waals surface area contributed by atoms with Crippen molar-refractivity contribution in [2.24, 2.45) is 5.73 Å². The van der Waals surface area contributed by atoms with Crippen molar-refractivity contribution in [2.75, 3.05) is 20.6 Å². The number of rotatable bonds is 6. The Morgan fingerprint density at radius 1 is 1.46 bits per heavy atom. The highest BCUT2D eigenvalue weighted by atomic mass is 16.1. The maximum Gasteiger partial charge on any atom is 0.234 e. The van der Waals surface area contributed by atoms with Crippen molar-refractivity contribution in [3.63, 3.8) is 0 Å². The summed E-state index contributed by atoms with van der Waals surface area (Å²) in [5, 5.41) is 3.13. The lowest BCUT2D eigenvalue weighted by Crippen LogP contribution is -2.44. The van der Waals surface area contributed by atoms with Gasteiger partial charge in [-0.25, -0.2) is 0 Å². The molecule has 2 atom stereocenters. The first kappa shape index (κ1) is 12.4. The summed E-state index contributed by atoms with van der Waals surface area (Å²) in [7, 11) is 4.06. The van der Waals surface area contributed by atoms with Crippen LogP contribution in [0.5, 0.6) is 0 Å². The third-order valence-electron chi connectivity index (χ3n) is 1.97. The summed E-state index contributed by atoms with van der Waals surface area (Å²) in [6, 6.07) is 0.0852. The highest BCUT2D eigenvalue weighted by molar-refractivity contribution is 5.79. The van der Waals surface area contributed by atoms with Crippen LogP contribution >= 0.6 is 0 Å². The fourth-order valence-electron chi connectivity index (χ4n) is 1.04. The monoisotopic (exact) mass is 187 g/mol. The minimum Gasteiger partial charge on any atom is -0.368 e. The van der Waals surface area contributed by atoms with Crippen LogP contribution in [0.3, 0.4) is 0 Å². The second kappa shape index (κ2) is 5.94. The second-order valence-corrected chi connectivity index (χ2v) is 3.78. The second-order valence-electron chi connectivity index (χ2n) is 3.78. The van der Waals surface area contributed by atoms with Crippen molar-refractivity contribution in [1.29, 1.82) is 0 Å². The van der Waals surface area contributed by atoms with Gasteiger partial charge in [0.1, 0.15) is 0 Å². The van der Waals surface area contributed by atoms with Gasteiger partial charge in [0.25, 0.3) is 0 Å². The largest absolute Gasteiger partial charge is 0.368 e. The minimum absolute atomic E-state index is 0.239. The molecule has 1 amide bonds. The van der Waals surface area contributed by atoms with Crippen LogP contribution in [0.1, 0.15) is 20.3 Å². The molecule has 13 heavy (non-hydrogen) atoms. The van der Waals surface area contributed by atoms with E-state index in [1.54, 1.807) is 6.92 Å². The van der Waals surface area contributed by atoms with E-state index in [2.05, 4.69) is 17.1 Å². The van der Waals surface area contributed by atoms with Gasteiger partial charge in [-0.05, 0) is 40.9 Å². The van der Waals surface area contributed by atoms with Gasteiger partial charge < -0.3 is 16.0 Å². The molecule has 0 aromatic carbocycles. The highest BCUT2D eigenvalue weighted by Crippen LogP contribution is 1.94. The van der Waals surface area contributed by atoms with Gasteiger partial charge in [0.2, 0.25) is 5.91 Å². The quantitative estimate of drug-likeness (QED) is 0.605. The average Bonchev–Trinajstić information content (AvgIpc) is 2.00. The molecule has 0 saturated heterocycles. The molecule has 4 nitrogen and oxygen atoms in total. The SMILES string of the molecule is CC(CCN(C)C)NC(C)C(N)=O. The number of nitrogens with zero attached hydrogens (tertiary/aromatic N) is 1. The molecule has 3 N–H and O–H groups in total. The predicted molar refractivity (Wildman–Crippen MR) is 54.4 cm³/mol. The molecule has 0 saturated carbocycles. The molecule has 0 heterocycles. The highest BCUT2D eigenvalue weighted by Gasteiger charge is 2.11. The number of amides is 1. The first-order chi connectivity index (χ1) is 5.93. The Morgan fingerprint density at radius 3 is 2.38 bits per heavy atom. The zero-order valence-electron chi connectivity index (χ0n) is 9.00. The van der Waals surface area contributed by atoms with Crippen molar-refractivity contribution in [1.82, 2.24) is 10.2 Å². The van der Waals surface area contributed by atoms with E-state index in [1.807, 2.05) is 14.1 Å². The van der Waals surface area contributed by atoms with Crippen LogP contribution in [0.15, 0.2) is 0 Å². The molecule has 0 spiro atoms. The fraction of sp³-hybridized carbons (Fsp3) is 0.889. The van der Waals surface area contributed by atoms with Crippen LogP contribution in [0.25, 0.3) is 0 Å². The summed E-state index contributed by atoms with van der Waals surface area (Å²) >= 11 is 0. The van der Waals surface area contributed by atoms with Crippen LogP contribution in [-0.4, -0.2) is 43.5 Å². The molecule has 0 radical (unpaired) electrons. The molecule has 0 aliphatic rings. The molecule has 0 aliphatic heterocycles. The average molecular weight is 187 g/mol. The Bertz CT molecular complexity index is 159. The van der Waals surface area contributed by atoms with Gasteiger partial charge in [-0.2, -0.15) is 0 Å². The summed E-state index contributed by atoms with van der Waals surface area (Å²) in [6.07, 6.45) is 1.02. The maximum absolute atomic E-state index is 10.7. The molecular formula is C9H21N3O. The lowest BCUT2D eigenvalue weighted by atomic mass is 10.2. The maximum atomic E-state index is 10.7. The van der Waals surface area contributed by atoms with Crippen molar-refractivity contribution in [3.8, 4) is 0 Å². The Hall–Kier alpha value is -0.610. The molecule has 0 aromatic rings. The molecule has 0 rings (SSSR count). The van der Waals surface area contributed by atoms with Gasteiger partial charge in [0.05, 0.1) is 6.04 Å². The van der Waals surface area contributed by atoms with Gasteiger partial charge in [-0.3, -0.25) is 4.79 Å². The number of carbonyl (C=O) groups excluding carboxylic acids is 1. The lowest BCUT2D eigenvalue weighted by molar-refractivity contribution is -0.119. The molecule has 0 aliphatic carbocycles. The summed E-state index contributed by atoms with van der Waals surface area (Å²) in [5.74, 6) is -0.295. The number of primary amides is 1.